The van der Waals surface area contributed by atoms with Crippen LogP contribution in [0.4, 0.5) is 0 Å². The Morgan fingerprint density at radius 2 is 1.68 bits per heavy atom. The van der Waals surface area contributed by atoms with Crippen molar-refractivity contribution < 1.29 is 18.3 Å². The van der Waals surface area contributed by atoms with Crippen LogP contribution < -0.4 is 10.1 Å². The van der Waals surface area contributed by atoms with E-state index in [9.17, 15) is 13.5 Å². The number of aliphatic hydroxyl groups is 1. The lowest BCUT2D eigenvalue weighted by molar-refractivity contribution is 0.135. The smallest absolute Gasteiger partial charge is 0.148 e. The molecule has 2 aromatic rings. The minimum absolute atomic E-state index is 0.118. The van der Waals surface area contributed by atoms with Gasteiger partial charge in [0.2, 0.25) is 0 Å². The van der Waals surface area contributed by atoms with E-state index >= 15 is 0 Å². The maximum atomic E-state index is 11.3. The predicted molar refractivity (Wildman–Crippen MR) is 141 cm³/mol. The Labute approximate surface area is 206 Å². The van der Waals surface area contributed by atoms with Crippen molar-refractivity contribution >= 4 is 9.84 Å². The van der Waals surface area contributed by atoms with E-state index in [2.05, 4.69) is 63.0 Å². The third-order valence-electron chi connectivity index (χ3n) is 6.76. The number of rotatable bonds is 13. The highest BCUT2D eigenvalue weighted by Gasteiger charge is 2.31. The highest BCUT2D eigenvalue weighted by atomic mass is 32.2. The Balaban J connectivity index is 2.26. The molecule has 2 rings (SSSR count). The van der Waals surface area contributed by atoms with Gasteiger partial charge in [-0.15, -0.1) is 0 Å². The first kappa shape index (κ1) is 28.1. The van der Waals surface area contributed by atoms with Crippen molar-refractivity contribution in [2.75, 3.05) is 25.2 Å². The molecule has 0 spiro atoms. The van der Waals surface area contributed by atoms with Crippen LogP contribution >= 0.6 is 0 Å². The van der Waals surface area contributed by atoms with Crippen LogP contribution in [0, 0.1) is 13.8 Å². The molecule has 6 heteroatoms. The van der Waals surface area contributed by atoms with Gasteiger partial charge in [0.05, 0.1) is 5.75 Å². The summed E-state index contributed by atoms with van der Waals surface area (Å²) in [6, 6.07) is 13.0. The first-order valence-corrected chi connectivity index (χ1v) is 14.1. The lowest BCUT2D eigenvalue weighted by Crippen LogP contribution is -2.27. The third-order valence-corrected chi connectivity index (χ3v) is 7.71. The number of aliphatic hydroxyl groups excluding tert-OH is 1. The standard InChI is InChI=1S/C28H41NO4S/c1-8-28(9-2,25-12-13-27(22(6)17-25)33-19-26(30)20(3)4)24-11-10-23(21(5)16-24)18-29-14-15-34(7,31)32/h10-13,16-17,26,29-30H,3,8-9,14-15,18-19H2,1-2,4-7H3. The third kappa shape index (κ3) is 7.17. The minimum atomic E-state index is -2.96. The quantitative estimate of drug-likeness (QED) is 0.312. The van der Waals surface area contributed by atoms with Crippen molar-refractivity contribution in [2.24, 2.45) is 0 Å². The zero-order valence-electron chi connectivity index (χ0n) is 21.6. The van der Waals surface area contributed by atoms with E-state index in [1.807, 2.05) is 13.0 Å². The van der Waals surface area contributed by atoms with Gasteiger partial charge in [0.1, 0.15) is 28.3 Å². The Hall–Kier alpha value is -2.15. The maximum absolute atomic E-state index is 11.3. The number of nitrogens with one attached hydrogen (secondary N) is 1. The summed E-state index contributed by atoms with van der Waals surface area (Å²) >= 11 is 0. The van der Waals surface area contributed by atoms with Crippen molar-refractivity contribution in [2.45, 2.75) is 65.5 Å². The average molecular weight is 488 g/mol. The van der Waals surface area contributed by atoms with Gasteiger partial charge in [-0.1, -0.05) is 50.8 Å². The summed E-state index contributed by atoms with van der Waals surface area (Å²) in [5.41, 5.74) is 6.51. The minimum Gasteiger partial charge on any atom is -0.490 e. The summed E-state index contributed by atoms with van der Waals surface area (Å²) < 4.78 is 28.5. The summed E-state index contributed by atoms with van der Waals surface area (Å²) in [7, 11) is -2.96. The summed E-state index contributed by atoms with van der Waals surface area (Å²) in [5, 5.41) is 13.2. The molecule has 0 bridgehead atoms. The van der Waals surface area contributed by atoms with Gasteiger partial charge in [-0.05, 0) is 73.1 Å². The Kier molecular flexibility index (Phi) is 9.92. The molecule has 0 aliphatic carbocycles. The molecule has 188 valence electrons. The van der Waals surface area contributed by atoms with Crippen molar-refractivity contribution in [3.8, 4) is 5.75 Å². The molecule has 0 radical (unpaired) electrons. The van der Waals surface area contributed by atoms with Gasteiger partial charge in [-0.2, -0.15) is 0 Å². The maximum Gasteiger partial charge on any atom is 0.148 e. The molecule has 0 aromatic heterocycles. The molecule has 0 saturated heterocycles. The topological polar surface area (TPSA) is 75.6 Å². The normalized spacial score (nSPS) is 13.0. The zero-order valence-corrected chi connectivity index (χ0v) is 22.4. The van der Waals surface area contributed by atoms with Gasteiger partial charge in [-0.3, -0.25) is 0 Å². The van der Waals surface area contributed by atoms with E-state index in [0.717, 1.165) is 24.2 Å². The first-order chi connectivity index (χ1) is 15.9. The molecule has 0 saturated carbocycles. The monoisotopic (exact) mass is 487 g/mol. The first-order valence-electron chi connectivity index (χ1n) is 12.0. The molecule has 5 nitrogen and oxygen atoms in total. The van der Waals surface area contributed by atoms with E-state index in [1.54, 1.807) is 6.92 Å². The van der Waals surface area contributed by atoms with Crippen LogP contribution in [0.3, 0.4) is 0 Å². The molecule has 0 amide bonds. The highest BCUT2D eigenvalue weighted by molar-refractivity contribution is 7.90. The van der Waals surface area contributed by atoms with Gasteiger partial charge in [0, 0.05) is 24.8 Å². The van der Waals surface area contributed by atoms with E-state index in [4.69, 9.17) is 4.74 Å². The fourth-order valence-electron chi connectivity index (χ4n) is 4.33. The van der Waals surface area contributed by atoms with Crippen LogP contribution in [0.15, 0.2) is 48.6 Å². The summed E-state index contributed by atoms with van der Waals surface area (Å²) in [6.07, 6.45) is 2.51. The average Bonchev–Trinajstić information content (AvgIpc) is 2.77. The highest BCUT2D eigenvalue weighted by Crippen LogP contribution is 2.41. The van der Waals surface area contributed by atoms with E-state index < -0.39 is 15.9 Å². The molecule has 0 aliphatic rings. The fraction of sp³-hybridized carbons (Fsp3) is 0.500. The van der Waals surface area contributed by atoms with E-state index in [1.165, 1.54) is 28.5 Å². The van der Waals surface area contributed by atoms with Gasteiger partial charge in [-0.25, -0.2) is 8.42 Å². The molecule has 0 aliphatic heterocycles. The largest absolute Gasteiger partial charge is 0.490 e. The lowest BCUT2D eigenvalue weighted by Gasteiger charge is -2.34. The van der Waals surface area contributed by atoms with Crippen LogP contribution in [0.5, 0.6) is 5.75 Å². The van der Waals surface area contributed by atoms with Crippen molar-refractivity contribution in [3.63, 3.8) is 0 Å². The number of sulfone groups is 1. The molecular weight excluding hydrogens is 446 g/mol. The number of hydrogen-bond donors (Lipinski definition) is 2. The number of hydrogen-bond acceptors (Lipinski definition) is 5. The van der Waals surface area contributed by atoms with Crippen LogP contribution in [-0.4, -0.2) is 44.8 Å². The fourth-order valence-corrected chi connectivity index (χ4v) is 4.84. The van der Waals surface area contributed by atoms with Crippen molar-refractivity contribution in [1.29, 1.82) is 0 Å². The Morgan fingerprint density at radius 1 is 1.09 bits per heavy atom. The van der Waals surface area contributed by atoms with E-state index in [0.29, 0.717) is 18.7 Å². The second kappa shape index (κ2) is 12.0. The number of benzene rings is 2. The van der Waals surface area contributed by atoms with Gasteiger partial charge >= 0.3 is 0 Å². The molecule has 1 unspecified atom stereocenters. The van der Waals surface area contributed by atoms with E-state index in [-0.39, 0.29) is 17.8 Å². The summed E-state index contributed by atoms with van der Waals surface area (Å²) in [5.74, 6) is 0.918. The second-order valence-corrected chi connectivity index (χ2v) is 11.7. The van der Waals surface area contributed by atoms with Crippen LogP contribution in [0.1, 0.15) is 61.4 Å². The molecular formula is C28H41NO4S. The van der Waals surface area contributed by atoms with Gasteiger partial charge < -0.3 is 15.2 Å². The number of aryl methyl sites for hydroxylation is 2. The number of ether oxygens (including phenoxy) is 1. The van der Waals surface area contributed by atoms with Crippen LogP contribution in [0.25, 0.3) is 0 Å². The van der Waals surface area contributed by atoms with Gasteiger partial charge in [0.25, 0.3) is 0 Å². The molecule has 2 N–H and O–H groups in total. The summed E-state index contributed by atoms with van der Waals surface area (Å²) in [6.45, 7) is 15.5. The second-order valence-electron chi connectivity index (χ2n) is 9.39. The molecule has 0 fully saturated rings. The molecule has 0 heterocycles. The zero-order chi connectivity index (χ0) is 25.5. The molecule has 34 heavy (non-hydrogen) atoms. The van der Waals surface area contributed by atoms with Crippen LogP contribution in [-0.2, 0) is 21.8 Å². The predicted octanol–water partition coefficient (Wildman–Crippen LogP) is 4.86. The molecule has 1 atom stereocenters. The van der Waals surface area contributed by atoms with Crippen LogP contribution in [0.2, 0.25) is 0 Å². The van der Waals surface area contributed by atoms with Crippen molar-refractivity contribution in [1.82, 2.24) is 5.32 Å². The Bertz CT molecular complexity index is 1090. The SMILES string of the molecule is C=C(C)C(O)COc1ccc(C(CC)(CC)c2ccc(CNCCS(C)(=O)=O)c(C)c2)cc1C. The lowest BCUT2D eigenvalue weighted by atomic mass is 9.70. The van der Waals surface area contributed by atoms with Crippen molar-refractivity contribution in [3.05, 3.63) is 76.4 Å². The summed E-state index contributed by atoms with van der Waals surface area (Å²) in [4.78, 5) is 0. The molecule has 2 aromatic carbocycles. The Morgan fingerprint density at radius 3 is 2.18 bits per heavy atom. The van der Waals surface area contributed by atoms with Gasteiger partial charge in [0.15, 0.2) is 0 Å².